The van der Waals surface area contributed by atoms with Gasteiger partial charge in [-0.3, -0.25) is 9.59 Å². The molecule has 1 fully saturated rings. The average Bonchev–Trinajstić information content (AvgIpc) is 3.34. The van der Waals surface area contributed by atoms with Crippen LogP contribution in [0.5, 0.6) is 0 Å². The van der Waals surface area contributed by atoms with Gasteiger partial charge in [-0.25, -0.2) is 13.4 Å². The van der Waals surface area contributed by atoms with Crippen molar-refractivity contribution >= 4 is 43.0 Å². The Bertz CT molecular complexity index is 1250. The highest BCUT2D eigenvalue weighted by molar-refractivity contribution is 7.92. The minimum absolute atomic E-state index is 0.190. The summed E-state index contributed by atoms with van der Waals surface area (Å²) in [6, 6.07) is 6.27. The van der Waals surface area contributed by atoms with Crippen molar-refractivity contribution in [3.8, 4) is 0 Å². The van der Waals surface area contributed by atoms with Crippen molar-refractivity contribution in [1.82, 2.24) is 9.55 Å². The predicted molar refractivity (Wildman–Crippen MR) is 113 cm³/mol. The number of thiophene rings is 1. The molecule has 1 amide bonds. The minimum Gasteiger partial charge on any atom is -0.321 e. The number of hydrogen-bond donors (Lipinski definition) is 1. The van der Waals surface area contributed by atoms with Crippen LogP contribution in [0.1, 0.15) is 40.9 Å². The SMILES string of the molecule is Cc1c(C(=O)Nc2ccc(S(=O)(=O)C3CCCC3)cc2)sc2ncn(C)c(=O)c12. The fourth-order valence-corrected chi connectivity index (χ4v) is 6.62. The Morgan fingerprint density at radius 2 is 1.86 bits per heavy atom. The molecule has 29 heavy (non-hydrogen) atoms. The third kappa shape index (κ3) is 3.49. The van der Waals surface area contributed by atoms with Gasteiger partial charge < -0.3 is 9.88 Å². The van der Waals surface area contributed by atoms with E-state index in [1.165, 1.54) is 22.2 Å². The van der Waals surface area contributed by atoms with Gasteiger partial charge in [0.25, 0.3) is 11.5 Å². The van der Waals surface area contributed by atoms with Crippen LogP contribution in [0.25, 0.3) is 10.2 Å². The Labute approximate surface area is 172 Å². The Morgan fingerprint density at radius 3 is 2.52 bits per heavy atom. The molecule has 1 aliphatic rings. The molecule has 1 N–H and O–H groups in total. The van der Waals surface area contributed by atoms with Gasteiger partial charge in [-0.1, -0.05) is 12.8 Å². The van der Waals surface area contributed by atoms with Crippen molar-refractivity contribution < 1.29 is 13.2 Å². The lowest BCUT2D eigenvalue weighted by Gasteiger charge is -2.12. The summed E-state index contributed by atoms with van der Waals surface area (Å²) in [5.74, 6) is -0.348. The number of aromatic nitrogens is 2. The maximum absolute atomic E-state index is 12.7. The van der Waals surface area contributed by atoms with Crippen molar-refractivity contribution in [2.45, 2.75) is 42.8 Å². The first kappa shape index (κ1) is 19.8. The minimum atomic E-state index is -3.32. The first-order chi connectivity index (χ1) is 13.8. The van der Waals surface area contributed by atoms with Crippen LogP contribution in [-0.4, -0.2) is 29.1 Å². The fourth-order valence-electron chi connectivity index (χ4n) is 3.73. The van der Waals surface area contributed by atoms with Gasteiger partial charge in [0.05, 0.1) is 26.7 Å². The maximum Gasteiger partial charge on any atom is 0.266 e. The number of aryl methyl sites for hydroxylation is 2. The number of hydrogen-bond acceptors (Lipinski definition) is 6. The number of carbonyl (C=O) groups is 1. The highest BCUT2D eigenvalue weighted by atomic mass is 32.2. The van der Waals surface area contributed by atoms with E-state index in [1.807, 2.05) is 0 Å². The molecule has 1 aromatic carbocycles. The second-order valence-electron chi connectivity index (χ2n) is 7.33. The quantitative estimate of drug-likeness (QED) is 0.684. The monoisotopic (exact) mass is 431 g/mol. The molecule has 0 saturated heterocycles. The zero-order valence-electron chi connectivity index (χ0n) is 16.1. The van der Waals surface area contributed by atoms with Crippen LogP contribution < -0.4 is 10.9 Å². The summed E-state index contributed by atoms with van der Waals surface area (Å²) in [6.07, 6.45) is 4.75. The number of nitrogens with zero attached hydrogens (tertiary/aromatic N) is 2. The van der Waals surface area contributed by atoms with E-state index >= 15 is 0 Å². The highest BCUT2D eigenvalue weighted by Gasteiger charge is 2.30. The number of nitrogens with one attached hydrogen (secondary N) is 1. The zero-order chi connectivity index (χ0) is 20.8. The van der Waals surface area contributed by atoms with Crippen molar-refractivity contribution in [3.05, 3.63) is 51.4 Å². The van der Waals surface area contributed by atoms with Crippen molar-refractivity contribution in [1.29, 1.82) is 0 Å². The maximum atomic E-state index is 12.7. The van der Waals surface area contributed by atoms with Crippen LogP contribution in [0.3, 0.4) is 0 Å². The Balaban J connectivity index is 1.58. The van der Waals surface area contributed by atoms with Crippen LogP contribution in [-0.2, 0) is 16.9 Å². The van der Waals surface area contributed by atoms with Crippen LogP contribution in [0, 0.1) is 6.92 Å². The number of rotatable bonds is 4. The summed E-state index contributed by atoms with van der Waals surface area (Å²) in [5, 5.41) is 2.92. The van der Waals surface area contributed by atoms with Gasteiger partial charge in [0, 0.05) is 12.7 Å². The van der Waals surface area contributed by atoms with Gasteiger partial charge in [0.2, 0.25) is 0 Å². The molecule has 0 bridgehead atoms. The van der Waals surface area contributed by atoms with Crippen LogP contribution in [0.15, 0.2) is 40.3 Å². The standard InChI is InChI=1S/C20H21N3O4S2/c1-12-16-19(21-11-23(2)20(16)25)28-17(12)18(24)22-13-7-9-15(10-8-13)29(26,27)14-5-3-4-6-14/h7-11,14H,3-6H2,1-2H3,(H,22,24). The molecule has 3 aromatic rings. The molecule has 0 unspecified atom stereocenters. The molecule has 152 valence electrons. The molecule has 2 aromatic heterocycles. The second-order valence-corrected chi connectivity index (χ2v) is 10.6. The van der Waals surface area contributed by atoms with Gasteiger partial charge in [0.1, 0.15) is 4.83 Å². The number of carbonyl (C=O) groups excluding carboxylic acids is 1. The van der Waals surface area contributed by atoms with Crippen LogP contribution >= 0.6 is 11.3 Å². The molecule has 0 atom stereocenters. The first-order valence-corrected chi connectivity index (χ1v) is 11.8. The average molecular weight is 432 g/mol. The Kier molecular flexibility index (Phi) is 5.04. The third-order valence-electron chi connectivity index (χ3n) is 5.40. The molecule has 0 radical (unpaired) electrons. The van der Waals surface area contributed by atoms with Gasteiger partial charge in [0.15, 0.2) is 9.84 Å². The number of amides is 1. The molecule has 9 heteroatoms. The molecule has 7 nitrogen and oxygen atoms in total. The summed E-state index contributed by atoms with van der Waals surface area (Å²) in [7, 11) is -1.71. The van der Waals surface area contributed by atoms with Gasteiger partial charge in [-0.15, -0.1) is 11.3 Å². The smallest absolute Gasteiger partial charge is 0.266 e. The lowest BCUT2D eigenvalue weighted by molar-refractivity contribution is 0.103. The van der Waals surface area contributed by atoms with E-state index in [-0.39, 0.29) is 21.6 Å². The van der Waals surface area contributed by atoms with E-state index in [4.69, 9.17) is 0 Å². The number of fused-ring (bicyclic) bond motifs is 1. The van der Waals surface area contributed by atoms with Gasteiger partial charge >= 0.3 is 0 Å². The van der Waals surface area contributed by atoms with Crippen molar-refractivity contribution in [2.75, 3.05) is 5.32 Å². The van der Waals surface area contributed by atoms with Gasteiger partial charge in [-0.05, 0) is 49.6 Å². The number of sulfone groups is 1. The van der Waals surface area contributed by atoms with Crippen LogP contribution in [0.2, 0.25) is 0 Å². The molecule has 0 spiro atoms. The van der Waals surface area contributed by atoms with Gasteiger partial charge in [-0.2, -0.15) is 0 Å². The van der Waals surface area contributed by atoms with Crippen molar-refractivity contribution in [3.63, 3.8) is 0 Å². The zero-order valence-corrected chi connectivity index (χ0v) is 17.8. The normalized spacial score (nSPS) is 15.1. The van der Waals surface area contributed by atoms with E-state index < -0.39 is 9.84 Å². The largest absolute Gasteiger partial charge is 0.321 e. The van der Waals surface area contributed by atoms with E-state index in [0.717, 1.165) is 12.8 Å². The predicted octanol–water partition coefficient (Wildman–Crippen LogP) is 3.27. The second kappa shape index (κ2) is 7.38. The fraction of sp³-hybridized carbons (Fsp3) is 0.350. The Morgan fingerprint density at radius 1 is 1.21 bits per heavy atom. The molecular formula is C20H21N3O4S2. The highest BCUT2D eigenvalue weighted by Crippen LogP contribution is 2.31. The summed E-state index contributed by atoms with van der Waals surface area (Å²) in [5.41, 5.74) is 0.902. The summed E-state index contributed by atoms with van der Waals surface area (Å²) >= 11 is 1.17. The number of anilines is 1. The lowest BCUT2D eigenvalue weighted by Crippen LogP contribution is -2.18. The van der Waals surface area contributed by atoms with E-state index in [2.05, 4.69) is 10.3 Å². The molecule has 1 aliphatic carbocycles. The molecular weight excluding hydrogens is 410 g/mol. The first-order valence-electron chi connectivity index (χ1n) is 9.39. The topological polar surface area (TPSA) is 98.1 Å². The molecule has 4 rings (SSSR count). The van der Waals surface area contributed by atoms with Crippen molar-refractivity contribution in [2.24, 2.45) is 7.05 Å². The lowest BCUT2D eigenvalue weighted by atomic mass is 10.2. The van der Waals surface area contributed by atoms with Crippen LogP contribution in [0.4, 0.5) is 5.69 Å². The summed E-state index contributed by atoms with van der Waals surface area (Å²) in [6.45, 7) is 1.73. The third-order valence-corrected chi connectivity index (χ3v) is 8.88. The van der Waals surface area contributed by atoms with E-state index in [1.54, 1.807) is 38.2 Å². The molecule has 2 heterocycles. The van der Waals surface area contributed by atoms with E-state index in [9.17, 15) is 18.0 Å². The molecule has 1 saturated carbocycles. The summed E-state index contributed by atoms with van der Waals surface area (Å²) < 4.78 is 26.7. The number of benzene rings is 1. The summed E-state index contributed by atoms with van der Waals surface area (Å²) in [4.78, 5) is 30.5. The molecule has 0 aliphatic heterocycles. The Hall–Kier alpha value is -2.52. The van der Waals surface area contributed by atoms with E-state index in [0.29, 0.717) is 39.2 Å².